The number of amides is 1. The normalized spacial score (nSPS) is 22.3. The second-order valence-electron chi connectivity index (χ2n) is 7.09. The molecule has 1 aliphatic rings. The lowest BCUT2D eigenvalue weighted by molar-refractivity contribution is -0.0815. The van der Waals surface area contributed by atoms with Crippen LogP contribution in [0.5, 0.6) is 0 Å². The molecule has 3 atom stereocenters. The van der Waals surface area contributed by atoms with E-state index in [9.17, 15) is 14.3 Å². The van der Waals surface area contributed by atoms with Crippen molar-refractivity contribution in [2.45, 2.75) is 44.4 Å². The van der Waals surface area contributed by atoms with Crippen LogP contribution in [-0.4, -0.2) is 28.7 Å². The Labute approximate surface area is 163 Å². The van der Waals surface area contributed by atoms with Crippen LogP contribution in [-0.2, 0) is 10.3 Å². The van der Waals surface area contributed by atoms with Crippen molar-refractivity contribution < 1.29 is 19.0 Å². The van der Waals surface area contributed by atoms with E-state index < -0.39 is 17.8 Å². The average molecular weight is 392 g/mol. The van der Waals surface area contributed by atoms with Gasteiger partial charge in [-0.3, -0.25) is 0 Å². The van der Waals surface area contributed by atoms with Crippen molar-refractivity contribution in [2.75, 3.05) is 6.54 Å². The third kappa shape index (κ3) is 4.25. The number of ether oxygens (including phenoxy) is 1. The van der Waals surface area contributed by atoms with Crippen LogP contribution in [0.2, 0.25) is 5.02 Å². The third-order valence-electron chi connectivity index (χ3n) is 5.09. The Balaban J connectivity index is 1.84. The van der Waals surface area contributed by atoms with Gasteiger partial charge in [0, 0.05) is 24.4 Å². The first-order chi connectivity index (χ1) is 12.8. The fraction of sp³-hybridized carbons (Fsp3) is 0.381. The van der Waals surface area contributed by atoms with Gasteiger partial charge in [-0.15, -0.1) is 0 Å². The summed E-state index contributed by atoms with van der Waals surface area (Å²) in [5, 5.41) is 10.6. The van der Waals surface area contributed by atoms with Gasteiger partial charge >= 0.3 is 6.09 Å². The molecule has 3 rings (SSSR count). The Bertz CT molecular complexity index is 794. The number of rotatable bonds is 5. The van der Waals surface area contributed by atoms with Crippen molar-refractivity contribution >= 4 is 17.7 Å². The Hall–Kier alpha value is -2.11. The number of hydrogen-bond acceptors (Lipinski definition) is 3. The highest BCUT2D eigenvalue weighted by atomic mass is 35.5. The highest BCUT2D eigenvalue weighted by Gasteiger charge is 2.44. The quantitative estimate of drug-likeness (QED) is 0.776. The second-order valence-corrected chi connectivity index (χ2v) is 7.53. The van der Waals surface area contributed by atoms with Gasteiger partial charge in [0.05, 0.1) is 12.1 Å². The minimum atomic E-state index is -0.963. The van der Waals surface area contributed by atoms with E-state index in [1.807, 2.05) is 19.1 Å². The Morgan fingerprint density at radius 2 is 1.81 bits per heavy atom. The Morgan fingerprint density at radius 3 is 2.37 bits per heavy atom. The summed E-state index contributed by atoms with van der Waals surface area (Å²) in [6.45, 7) is 4.05. The SMILES string of the molecule is CC(O)C[C@]1(c2ccc(F)cc2)CCN([C@@H](C)c2ccc(Cl)cc2)C(=O)O1. The summed E-state index contributed by atoms with van der Waals surface area (Å²) in [6.07, 6.45) is -0.349. The van der Waals surface area contributed by atoms with Crippen molar-refractivity contribution in [3.8, 4) is 0 Å². The first-order valence-electron chi connectivity index (χ1n) is 9.00. The van der Waals surface area contributed by atoms with Gasteiger partial charge in [-0.25, -0.2) is 9.18 Å². The van der Waals surface area contributed by atoms with Crippen LogP contribution in [0.3, 0.4) is 0 Å². The maximum absolute atomic E-state index is 13.3. The number of aliphatic hydroxyl groups is 1. The summed E-state index contributed by atoms with van der Waals surface area (Å²) < 4.78 is 19.2. The predicted octanol–water partition coefficient (Wildman–Crippen LogP) is 5.05. The Kier molecular flexibility index (Phi) is 5.72. The minimum Gasteiger partial charge on any atom is -0.438 e. The number of carbonyl (C=O) groups is 1. The maximum Gasteiger partial charge on any atom is 0.411 e. The third-order valence-corrected chi connectivity index (χ3v) is 5.34. The lowest BCUT2D eigenvalue weighted by Gasteiger charge is -2.44. The van der Waals surface area contributed by atoms with E-state index in [1.165, 1.54) is 12.1 Å². The van der Waals surface area contributed by atoms with Crippen LogP contribution < -0.4 is 0 Å². The topological polar surface area (TPSA) is 49.8 Å². The van der Waals surface area contributed by atoms with Gasteiger partial charge in [-0.2, -0.15) is 0 Å². The molecule has 4 nitrogen and oxygen atoms in total. The predicted molar refractivity (Wildman–Crippen MR) is 102 cm³/mol. The van der Waals surface area contributed by atoms with Gasteiger partial charge < -0.3 is 14.7 Å². The van der Waals surface area contributed by atoms with Gasteiger partial charge in [0.25, 0.3) is 0 Å². The number of nitrogens with zero attached hydrogens (tertiary/aromatic N) is 1. The van der Waals surface area contributed by atoms with Gasteiger partial charge in [0.2, 0.25) is 0 Å². The highest BCUT2D eigenvalue weighted by Crippen LogP contribution is 2.40. The molecule has 1 aliphatic heterocycles. The molecule has 2 aromatic carbocycles. The molecule has 0 spiro atoms. The molecule has 6 heteroatoms. The van der Waals surface area contributed by atoms with Crippen LogP contribution in [0, 0.1) is 5.82 Å². The summed E-state index contributed by atoms with van der Waals surface area (Å²) in [7, 11) is 0. The summed E-state index contributed by atoms with van der Waals surface area (Å²) in [5.74, 6) is -0.355. The monoisotopic (exact) mass is 391 g/mol. The Morgan fingerprint density at radius 1 is 1.19 bits per heavy atom. The molecule has 2 aromatic rings. The number of aliphatic hydroxyl groups excluding tert-OH is 1. The number of carbonyl (C=O) groups excluding carboxylic acids is 1. The van der Waals surface area contributed by atoms with Crippen LogP contribution in [0.25, 0.3) is 0 Å². The molecule has 0 aliphatic carbocycles. The van der Waals surface area contributed by atoms with Gasteiger partial charge in [-0.1, -0.05) is 35.9 Å². The maximum atomic E-state index is 13.3. The van der Waals surface area contributed by atoms with Crippen molar-refractivity contribution in [1.82, 2.24) is 4.90 Å². The lowest BCUT2D eigenvalue weighted by atomic mass is 9.84. The second kappa shape index (κ2) is 7.87. The minimum absolute atomic E-state index is 0.174. The van der Waals surface area contributed by atoms with Gasteiger partial charge in [0.1, 0.15) is 11.4 Å². The lowest BCUT2D eigenvalue weighted by Crippen LogP contribution is -2.49. The molecule has 0 aromatic heterocycles. The van der Waals surface area contributed by atoms with E-state index in [4.69, 9.17) is 16.3 Å². The van der Waals surface area contributed by atoms with Gasteiger partial charge in [-0.05, 0) is 49.2 Å². The van der Waals surface area contributed by atoms with E-state index in [-0.39, 0.29) is 18.3 Å². The van der Waals surface area contributed by atoms with E-state index in [1.54, 1.807) is 36.1 Å². The largest absolute Gasteiger partial charge is 0.438 e. The molecule has 1 saturated heterocycles. The molecular formula is C21H23ClFNO3. The zero-order valence-electron chi connectivity index (χ0n) is 15.4. The van der Waals surface area contributed by atoms with Crippen molar-refractivity contribution in [3.63, 3.8) is 0 Å². The van der Waals surface area contributed by atoms with E-state index in [2.05, 4.69) is 0 Å². The van der Waals surface area contributed by atoms with Gasteiger partial charge in [0.15, 0.2) is 0 Å². The molecule has 0 saturated carbocycles. The summed E-state index contributed by atoms with van der Waals surface area (Å²) >= 11 is 5.94. The van der Waals surface area contributed by atoms with Crippen molar-refractivity contribution in [3.05, 3.63) is 70.5 Å². The average Bonchev–Trinajstić information content (AvgIpc) is 2.62. The molecule has 1 amide bonds. The molecule has 1 fully saturated rings. The van der Waals surface area contributed by atoms with E-state index in [0.29, 0.717) is 23.6 Å². The van der Waals surface area contributed by atoms with Crippen LogP contribution in [0.4, 0.5) is 9.18 Å². The summed E-state index contributed by atoms with van der Waals surface area (Å²) in [6, 6.07) is 13.1. The number of cyclic esters (lactones) is 1. The zero-order valence-corrected chi connectivity index (χ0v) is 16.1. The van der Waals surface area contributed by atoms with Crippen LogP contribution in [0.15, 0.2) is 48.5 Å². The molecular weight excluding hydrogens is 369 g/mol. The molecule has 0 bridgehead atoms. The molecule has 1 unspecified atom stereocenters. The number of halogens is 2. The van der Waals surface area contributed by atoms with E-state index in [0.717, 1.165) is 5.56 Å². The van der Waals surface area contributed by atoms with Crippen LogP contribution >= 0.6 is 11.6 Å². The van der Waals surface area contributed by atoms with E-state index >= 15 is 0 Å². The van der Waals surface area contributed by atoms with Crippen LogP contribution in [0.1, 0.15) is 43.9 Å². The highest BCUT2D eigenvalue weighted by molar-refractivity contribution is 6.30. The molecule has 0 radical (unpaired) electrons. The first-order valence-corrected chi connectivity index (χ1v) is 9.38. The molecule has 1 N–H and O–H groups in total. The number of hydrogen-bond donors (Lipinski definition) is 1. The first kappa shape index (κ1) is 19.6. The smallest absolute Gasteiger partial charge is 0.411 e. The summed E-state index contributed by atoms with van der Waals surface area (Å²) in [4.78, 5) is 14.5. The van der Waals surface area contributed by atoms with Crippen molar-refractivity contribution in [2.24, 2.45) is 0 Å². The molecule has 1 heterocycles. The number of benzene rings is 2. The summed E-state index contributed by atoms with van der Waals surface area (Å²) in [5.41, 5.74) is 0.688. The standard InChI is InChI=1S/C21H23ClFNO3/c1-14(25)13-21(17-5-9-19(23)10-6-17)11-12-24(20(26)27-21)15(2)16-3-7-18(22)8-4-16/h3-10,14-15,25H,11-13H2,1-2H3/t14?,15-,21-/m0/s1. The fourth-order valence-electron chi connectivity index (χ4n) is 3.64. The molecule has 27 heavy (non-hydrogen) atoms. The zero-order chi connectivity index (χ0) is 19.6. The fourth-order valence-corrected chi connectivity index (χ4v) is 3.76. The van der Waals surface area contributed by atoms with Crippen molar-refractivity contribution in [1.29, 1.82) is 0 Å². The molecule has 144 valence electrons.